The van der Waals surface area contributed by atoms with E-state index in [2.05, 4.69) is 21.2 Å². The Labute approximate surface area is 126 Å². The number of methoxy groups -OCH3 is 2. The monoisotopic (exact) mass is 347 g/mol. The van der Waals surface area contributed by atoms with Crippen LogP contribution >= 0.6 is 15.9 Å². The fraction of sp³-hybridized carbons (Fsp3) is 0.462. The third-order valence-electron chi connectivity index (χ3n) is 2.49. The van der Waals surface area contributed by atoms with E-state index in [9.17, 15) is 9.90 Å². The number of amides is 1. The van der Waals surface area contributed by atoms with Gasteiger partial charge in [0, 0.05) is 18.1 Å². The summed E-state index contributed by atoms with van der Waals surface area (Å²) in [5.41, 5.74) is 0.796. The van der Waals surface area contributed by atoms with Gasteiger partial charge in [-0.1, -0.05) is 15.9 Å². The second-order valence-corrected chi connectivity index (χ2v) is 4.79. The van der Waals surface area contributed by atoms with Gasteiger partial charge in [-0.2, -0.15) is 0 Å². The summed E-state index contributed by atoms with van der Waals surface area (Å²) in [6, 6.07) is 3.18. The fourth-order valence-electron chi connectivity index (χ4n) is 1.44. The Morgan fingerprint density at radius 3 is 2.75 bits per heavy atom. The number of hydrogen-bond donors (Lipinski definition) is 2. The van der Waals surface area contributed by atoms with E-state index in [1.807, 2.05) is 0 Å². The molecule has 0 saturated carbocycles. The highest BCUT2D eigenvalue weighted by molar-refractivity contribution is 9.10. The molecule has 0 heterocycles. The summed E-state index contributed by atoms with van der Waals surface area (Å²) >= 11 is 3.32. The molecular formula is C13H18BrNO5. The number of hydrogen-bond acceptors (Lipinski definition) is 5. The van der Waals surface area contributed by atoms with Gasteiger partial charge in [0.05, 0.1) is 20.3 Å². The molecule has 1 aromatic rings. The van der Waals surface area contributed by atoms with Crippen LogP contribution in [0.25, 0.3) is 0 Å². The summed E-state index contributed by atoms with van der Waals surface area (Å²) in [7, 11) is 3.04. The highest BCUT2D eigenvalue weighted by Gasteiger charge is 2.09. The minimum atomic E-state index is -0.222. The van der Waals surface area contributed by atoms with E-state index in [0.717, 1.165) is 5.56 Å². The highest BCUT2D eigenvalue weighted by atomic mass is 79.9. The zero-order chi connectivity index (χ0) is 15.0. The molecule has 0 radical (unpaired) electrons. The van der Waals surface area contributed by atoms with Crippen LogP contribution in [-0.4, -0.2) is 45.1 Å². The number of phenolic OH excluding ortho intramolecular Hbond substituents is 1. The molecule has 0 fully saturated rings. The maximum absolute atomic E-state index is 11.5. The van der Waals surface area contributed by atoms with Crippen LogP contribution in [0.2, 0.25) is 0 Å². The molecule has 0 saturated heterocycles. The van der Waals surface area contributed by atoms with Gasteiger partial charge in [0.25, 0.3) is 0 Å². The first-order valence-electron chi connectivity index (χ1n) is 5.97. The number of benzene rings is 1. The summed E-state index contributed by atoms with van der Waals surface area (Å²) in [6.07, 6.45) is 0. The first-order chi connectivity index (χ1) is 9.58. The van der Waals surface area contributed by atoms with Crippen molar-refractivity contribution in [2.24, 2.45) is 0 Å². The van der Waals surface area contributed by atoms with Gasteiger partial charge in [0.2, 0.25) is 5.91 Å². The summed E-state index contributed by atoms with van der Waals surface area (Å²) < 4.78 is 15.6. The number of carbonyl (C=O) groups is 1. The van der Waals surface area contributed by atoms with Gasteiger partial charge in [-0.05, 0) is 17.7 Å². The van der Waals surface area contributed by atoms with E-state index < -0.39 is 0 Å². The molecule has 1 aromatic carbocycles. The Hall–Kier alpha value is -1.31. The molecule has 0 unspecified atom stereocenters. The lowest BCUT2D eigenvalue weighted by Gasteiger charge is -2.10. The van der Waals surface area contributed by atoms with Crippen LogP contribution in [0.3, 0.4) is 0 Å². The van der Waals surface area contributed by atoms with Crippen molar-refractivity contribution in [2.75, 3.05) is 34.0 Å². The summed E-state index contributed by atoms with van der Waals surface area (Å²) in [6.45, 7) is 1.12. The van der Waals surface area contributed by atoms with Crippen LogP contribution < -0.4 is 10.1 Å². The van der Waals surface area contributed by atoms with E-state index in [1.54, 1.807) is 13.2 Å². The minimum Gasteiger partial charge on any atom is -0.504 e. The molecule has 1 amide bonds. The number of halogens is 1. The third-order valence-corrected chi connectivity index (χ3v) is 3.23. The van der Waals surface area contributed by atoms with Gasteiger partial charge in [0.15, 0.2) is 11.5 Å². The lowest BCUT2D eigenvalue weighted by Crippen LogP contribution is -2.27. The van der Waals surface area contributed by atoms with E-state index in [-0.39, 0.29) is 18.3 Å². The molecule has 20 heavy (non-hydrogen) atoms. The smallest absolute Gasteiger partial charge is 0.246 e. The van der Waals surface area contributed by atoms with E-state index >= 15 is 0 Å². The van der Waals surface area contributed by atoms with Gasteiger partial charge in [-0.15, -0.1) is 0 Å². The maximum atomic E-state index is 11.5. The number of nitrogens with one attached hydrogen (secondary N) is 1. The predicted molar refractivity (Wildman–Crippen MR) is 76.9 cm³/mol. The Bertz CT molecular complexity index is 453. The first kappa shape index (κ1) is 16.7. The van der Waals surface area contributed by atoms with Crippen molar-refractivity contribution >= 4 is 21.8 Å². The maximum Gasteiger partial charge on any atom is 0.246 e. The van der Waals surface area contributed by atoms with Crippen LogP contribution in [-0.2, 0) is 20.8 Å². The lowest BCUT2D eigenvalue weighted by atomic mass is 10.2. The zero-order valence-corrected chi connectivity index (χ0v) is 13.0. The normalized spacial score (nSPS) is 10.3. The Morgan fingerprint density at radius 2 is 2.10 bits per heavy atom. The van der Waals surface area contributed by atoms with Crippen LogP contribution in [0, 0.1) is 0 Å². The minimum absolute atomic E-state index is 0.0177. The molecule has 6 nitrogen and oxygen atoms in total. The van der Waals surface area contributed by atoms with Crippen molar-refractivity contribution in [3.8, 4) is 11.5 Å². The highest BCUT2D eigenvalue weighted by Crippen LogP contribution is 2.32. The molecule has 2 N–H and O–H groups in total. The van der Waals surface area contributed by atoms with Crippen molar-refractivity contribution < 1.29 is 24.1 Å². The number of aromatic hydroxyl groups is 1. The molecular weight excluding hydrogens is 330 g/mol. The Kier molecular flexibility index (Phi) is 7.35. The van der Waals surface area contributed by atoms with Gasteiger partial charge in [-0.3, -0.25) is 4.79 Å². The SMILES string of the molecule is COCCOCC(=O)NCc1cc(OC)c(O)cc1Br. The van der Waals surface area contributed by atoms with Crippen molar-refractivity contribution in [3.63, 3.8) is 0 Å². The quantitative estimate of drug-likeness (QED) is 0.696. The molecule has 0 aromatic heterocycles. The molecule has 0 aliphatic heterocycles. The molecule has 112 valence electrons. The average Bonchev–Trinajstić information content (AvgIpc) is 2.43. The summed E-state index contributed by atoms with van der Waals surface area (Å²) in [4.78, 5) is 11.5. The number of carbonyl (C=O) groups excluding carboxylic acids is 1. The Balaban J connectivity index is 2.47. The second-order valence-electron chi connectivity index (χ2n) is 3.94. The van der Waals surface area contributed by atoms with Crippen molar-refractivity contribution in [1.82, 2.24) is 5.32 Å². The predicted octanol–water partition coefficient (Wildman–Crippen LogP) is 1.44. The summed E-state index contributed by atoms with van der Waals surface area (Å²) in [5.74, 6) is 0.172. The zero-order valence-electron chi connectivity index (χ0n) is 11.4. The Morgan fingerprint density at radius 1 is 1.35 bits per heavy atom. The molecule has 0 bridgehead atoms. The lowest BCUT2D eigenvalue weighted by molar-refractivity contribution is -0.126. The molecule has 0 aliphatic carbocycles. The summed E-state index contributed by atoms with van der Waals surface area (Å²) in [5, 5.41) is 12.3. The molecule has 0 atom stereocenters. The van der Waals surface area contributed by atoms with Crippen LogP contribution in [0.4, 0.5) is 0 Å². The van der Waals surface area contributed by atoms with Crippen LogP contribution in [0.5, 0.6) is 11.5 Å². The van der Waals surface area contributed by atoms with E-state index in [4.69, 9.17) is 14.2 Å². The van der Waals surface area contributed by atoms with Gasteiger partial charge in [-0.25, -0.2) is 0 Å². The first-order valence-corrected chi connectivity index (χ1v) is 6.76. The second kappa shape index (κ2) is 8.78. The topological polar surface area (TPSA) is 77.0 Å². The number of rotatable bonds is 8. The van der Waals surface area contributed by atoms with Crippen LogP contribution in [0.1, 0.15) is 5.56 Å². The van der Waals surface area contributed by atoms with E-state index in [1.165, 1.54) is 13.2 Å². The van der Waals surface area contributed by atoms with Crippen molar-refractivity contribution in [3.05, 3.63) is 22.2 Å². The van der Waals surface area contributed by atoms with Crippen molar-refractivity contribution in [2.45, 2.75) is 6.54 Å². The van der Waals surface area contributed by atoms with E-state index in [0.29, 0.717) is 30.0 Å². The van der Waals surface area contributed by atoms with Gasteiger partial charge in [0.1, 0.15) is 6.61 Å². The van der Waals surface area contributed by atoms with Gasteiger partial charge >= 0.3 is 0 Å². The third kappa shape index (κ3) is 5.36. The standard InChI is InChI=1S/C13H18BrNO5/c1-18-3-4-20-8-13(17)15-7-9-5-12(19-2)11(16)6-10(9)14/h5-6,16H,3-4,7-8H2,1-2H3,(H,15,17). The molecule has 7 heteroatoms. The van der Waals surface area contributed by atoms with Crippen molar-refractivity contribution in [1.29, 1.82) is 0 Å². The number of phenols is 1. The van der Waals surface area contributed by atoms with Gasteiger partial charge < -0.3 is 24.6 Å². The largest absolute Gasteiger partial charge is 0.504 e. The molecule has 0 spiro atoms. The molecule has 1 rings (SSSR count). The molecule has 0 aliphatic rings. The number of ether oxygens (including phenoxy) is 3. The fourth-order valence-corrected chi connectivity index (χ4v) is 1.91. The average molecular weight is 348 g/mol. The van der Waals surface area contributed by atoms with Crippen LogP contribution in [0.15, 0.2) is 16.6 Å².